The first-order valence-electron chi connectivity index (χ1n) is 6.72. The number of nitrogens with one attached hydrogen (secondary N) is 1. The first kappa shape index (κ1) is 14.3. The number of nitrogens with zero attached hydrogens (tertiary/aromatic N) is 2. The predicted octanol–water partition coefficient (Wildman–Crippen LogP) is 1.93. The molecule has 2 heterocycles. The van der Waals surface area contributed by atoms with Gasteiger partial charge in [0.2, 0.25) is 10.0 Å². The Kier molecular flexibility index (Phi) is 4.42. The number of aromatic nitrogens is 1. The molecule has 0 spiro atoms. The van der Waals surface area contributed by atoms with Crippen LogP contribution in [-0.2, 0) is 10.0 Å². The maximum Gasteiger partial charge on any atom is 0.244 e. The Hall–Kier alpha value is -1.14. The Morgan fingerprint density at radius 2 is 2.26 bits per heavy atom. The standard InChI is InChI=1S/C13H21N3O2S/c1-3-4-11-7-8-16(10-11)19(17,18)12-5-6-13(14-2)15-9-12/h5-6,9,11H,3-4,7-8,10H2,1-2H3,(H,14,15). The van der Waals surface area contributed by atoms with Crippen LogP contribution >= 0.6 is 0 Å². The summed E-state index contributed by atoms with van der Waals surface area (Å²) < 4.78 is 26.5. The minimum atomic E-state index is -3.37. The van der Waals surface area contributed by atoms with Crippen molar-refractivity contribution in [1.29, 1.82) is 0 Å². The van der Waals surface area contributed by atoms with Gasteiger partial charge in [-0.1, -0.05) is 13.3 Å². The number of anilines is 1. The van der Waals surface area contributed by atoms with Crippen LogP contribution in [0.25, 0.3) is 0 Å². The third kappa shape index (κ3) is 3.06. The van der Waals surface area contributed by atoms with E-state index in [0.29, 0.717) is 24.8 Å². The lowest BCUT2D eigenvalue weighted by Gasteiger charge is -2.16. The minimum absolute atomic E-state index is 0.281. The monoisotopic (exact) mass is 283 g/mol. The van der Waals surface area contributed by atoms with Crippen molar-refractivity contribution in [3.8, 4) is 0 Å². The van der Waals surface area contributed by atoms with Gasteiger partial charge in [0.1, 0.15) is 10.7 Å². The number of hydrogen-bond donors (Lipinski definition) is 1. The molecule has 1 aromatic rings. The van der Waals surface area contributed by atoms with Crippen LogP contribution < -0.4 is 5.32 Å². The van der Waals surface area contributed by atoms with Crippen LogP contribution in [-0.4, -0.2) is 37.8 Å². The van der Waals surface area contributed by atoms with Crippen molar-refractivity contribution >= 4 is 15.8 Å². The fraction of sp³-hybridized carbons (Fsp3) is 0.615. The molecule has 0 radical (unpaired) electrons. The van der Waals surface area contributed by atoms with Crippen LogP contribution in [0.5, 0.6) is 0 Å². The zero-order chi connectivity index (χ0) is 13.9. The highest BCUT2D eigenvalue weighted by molar-refractivity contribution is 7.89. The molecular formula is C13H21N3O2S. The van der Waals surface area contributed by atoms with Crippen molar-refractivity contribution < 1.29 is 8.42 Å². The lowest BCUT2D eigenvalue weighted by atomic mass is 10.0. The summed E-state index contributed by atoms with van der Waals surface area (Å²) in [7, 11) is -1.62. The number of rotatable bonds is 5. The molecule has 1 fully saturated rings. The Morgan fingerprint density at radius 1 is 1.47 bits per heavy atom. The van der Waals surface area contributed by atoms with Gasteiger partial charge in [0, 0.05) is 26.3 Å². The summed E-state index contributed by atoms with van der Waals surface area (Å²) in [6, 6.07) is 3.30. The molecule has 0 amide bonds. The van der Waals surface area contributed by atoms with Crippen LogP contribution in [0.2, 0.25) is 0 Å². The van der Waals surface area contributed by atoms with Crippen molar-refractivity contribution in [3.05, 3.63) is 18.3 Å². The van der Waals surface area contributed by atoms with E-state index in [1.54, 1.807) is 23.5 Å². The van der Waals surface area contributed by atoms with E-state index in [1.165, 1.54) is 6.20 Å². The second-order valence-corrected chi connectivity index (χ2v) is 6.87. The Balaban J connectivity index is 2.13. The maximum atomic E-state index is 12.4. The Bertz CT molecular complexity index is 513. The molecule has 6 heteroatoms. The van der Waals surface area contributed by atoms with Gasteiger partial charge in [0.25, 0.3) is 0 Å². The van der Waals surface area contributed by atoms with Crippen molar-refractivity contribution in [2.24, 2.45) is 5.92 Å². The second-order valence-electron chi connectivity index (χ2n) is 4.94. The molecule has 1 saturated heterocycles. The molecule has 0 saturated carbocycles. The van der Waals surface area contributed by atoms with Crippen molar-refractivity contribution in [3.63, 3.8) is 0 Å². The normalized spacial score (nSPS) is 20.6. The van der Waals surface area contributed by atoms with Gasteiger partial charge in [0.15, 0.2) is 0 Å². The highest BCUT2D eigenvalue weighted by atomic mass is 32.2. The van der Waals surface area contributed by atoms with E-state index in [9.17, 15) is 8.42 Å². The molecule has 19 heavy (non-hydrogen) atoms. The third-order valence-corrected chi connectivity index (χ3v) is 5.42. The van der Waals surface area contributed by atoms with Gasteiger partial charge in [-0.2, -0.15) is 4.31 Å². The van der Waals surface area contributed by atoms with Gasteiger partial charge in [-0.05, 0) is 30.9 Å². The summed E-state index contributed by atoms with van der Waals surface area (Å²) in [6.45, 7) is 3.41. The lowest BCUT2D eigenvalue weighted by Crippen LogP contribution is -2.29. The van der Waals surface area contributed by atoms with Crippen molar-refractivity contribution in [2.45, 2.75) is 31.1 Å². The van der Waals surface area contributed by atoms with Crippen LogP contribution in [0.1, 0.15) is 26.2 Å². The van der Waals surface area contributed by atoms with Crippen molar-refractivity contribution in [2.75, 3.05) is 25.5 Å². The summed E-state index contributed by atoms with van der Waals surface area (Å²) in [5.74, 6) is 1.17. The minimum Gasteiger partial charge on any atom is -0.373 e. The highest BCUT2D eigenvalue weighted by Crippen LogP contribution is 2.26. The molecule has 1 aliphatic rings. The number of sulfonamides is 1. The highest BCUT2D eigenvalue weighted by Gasteiger charge is 2.32. The molecule has 1 aliphatic heterocycles. The smallest absolute Gasteiger partial charge is 0.244 e. The van der Waals surface area contributed by atoms with Gasteiger partial charge < -0.3 is 5.32 Å². The van der Waals surface area contributed by atoms with Gasteiger partial charge >= 0.3 is 0 Å². The summed E-state index contributed by atoms with van der Waals surface area (Å²) >= 11 is 0. The van der Waals surface area contributed by atoms with E-state index in [-0.39, 0.29) is 4.90 Å². The molecule has 1 unspecified atom stereocenters. The van der Waals surface area contributed by atoms with Crippen LogP contribution in [0.15, 0.2) is 23.2 Å². The molecule has 1 atom stereocenters. The number of hydrogen-bond acceptors (Lipinski definition) is 4. The molecule has 1 N–H and O–H groups in total. The Labute approximate surface area is 115 Å². The van der Waals surface area contributed by atoms with E-state index in [1.807, 2.05) is 0 Å². The average molecular weight is 283 g/mol. The molecule has 0 aromatic carbocycles. The van der Waals surface area contributed by atoms with Gasteiger partial charge in [-0.25, -0.2) is 13.4 Å². The molecule has 106 valence electrons. The van der Waals surface area contributed by atoms with E-state index in [4.69, 9.17) is 0 Å². The largest absolute Gasteiger partial charge is 0.373 e. The van der Waals surface area contributed by atoms with Crippen LogP contribution in [0.4, 0.5) is 5.82 Å². The third-order valence-electron chi connectivity index (χ3n) is 3.58. The van der Waals surface area contributed by atoms with E-state index >= 15 is 0 Å². The Morgan fingerprint density at radius 3 is 2.84 bits per heavy atom. The molecule has 1 aromatic heterocycles. The zero-order valence-corrected chi connectivity index (χ0v) is 12.3. The first-order valence-corrected chi connectivity index (χ1v) is 8.16. The van der Waals surface area contributed by atoms with Crippen LogP contribution in [0, 0.1) is 5.92 Å². The van der Waals surface area contributed by atoms with Gasteiger partial charge in [-0.3, -0.25) is 0 Å². The van der Waals surface area contributed by atoms with Crippen molar-refractivity contribution in [1.82, 2.24) is 9.29 Å². The molecule has 0 bridgehead atoms. The average Bonchev–Trinajstić information content (AvgIpc) is 2.89. The zero-order valence-electron chi connectivity index (χ0n) is 11.5. The lowest BCUT2D eigenvalue weighted by molar-refractivity contribution is 0.444. The topological polar surface area (TPSA) is 62.3 Å². The number of pyridine rings is 1. The fourth-order valence-corrected chi connectivity index (χ4v) is 3.97. The predicted molar refractivity (Wildman–Crippen MR) is 75.6 cm³/mol. The second kappa shape index (κ2) is 5.88. The first-order chi connectivity index (χ1) is 9.07. The summed E-state index contributed by atoms with van der Waals surface area (Å²) in [5, 5.41) is 2.88. The molecule has 5 nitrogen and oxygen atoms in total. The molecule has 0 aliphatic carbocycles. The summed E-state index contributed by atoms with van der Waals surface area (Å²) in [5.41, 5.74) is 0. The molecular weight excluding hydrogens is 262 g/mol. The van der Waals surface area contributed by atoms with E-state index in [0.717, 1.165) is 19.3 Å². The SMILES string of the molecule is CCCC1CCN(S(=O)(=O)c2ccc(NC)nc2)C1. The van der Waals surface area contributed by atoms with Crippen LogP contribution in [0.3, 0.4) is 0 Å². The van der Waals surface area contributed by atoms with E-state index in [2.05, 4.69) is 17.2 Å². The summed E-state index contributed by atoms with van der Waals surface area (Å²) in [4.78, 5) is 4.35. The fourth-order valence-electron chi connectivity index (χ4n) is 2.49. The summed E-state index contributed by atoms with van der Waals surface area (Å²) in [6.07, 6.45) is 4.60. The quantitative estimate of drug-likeness (QED) is 0.897. The van der Waals surface area contributed by atoms with Gasteiger partial charge in [0.05, 0.1) is 0 Å². The maximum absolute atomic E-state index is 12.4. The van der Waals surface area contributed by atoms with Gasteiger partial charge in [-0.15, -0.1) is 0 Å². The van der Waals surface area contributed by atoms with E-state index < -0.39 is 10.0 Å². The molecule has 2 rings (SSSR count).